The average Bonchev–Trinajstić information content (AvgIpc) is 3.25. The molecule has 8 nitrogen and oxygen atoms in total. The summed E-state index contributed by atoms with van der Waals surface area (Å²) in [7, 11) is 9.28. The van der Waals surface area contributed by atoms with E-state index < -0.39 is 6.00 Å². The molecule has 1 N–H and O–H groups in total. The third kappa shape index (κ3) is 18.3. The lowest BCUT2D eigenvalue weighted by Gasteiger charge is -2.22. The van der Waals surface area contributed by atoms with Crippen LogP contribution in [0.25, 0.3) is 0 Å². The van der Waals surface area contributed by atoms with Crippen LogP contribution in [-0.4, -0.2) is 84.6 Å². The number of rotatable bonds is 27. The fourth-order valence-corrected chi connectivity index (χ4v) is 5.11. The minimum absolute atomic E-state index is 0.195. The molecular weight excluding hydrogens is 509 g/mol. The summed E-state index contributed by atoms with van der Waals surface area (Å²) in [5, 5.41) is 2.82. The van der Waals surface area contributed by atoms with Gasteiger partial charge in [0, 0.05) is 39.8 Å². The molecule has 0 aliphatic carbocycles. The van der Waals surface area contributed by atoms with Gasteiger partial charge in [-0.15, -0.1) is 0 Å². The molecule has 4 atom stereocenters. The van der Waals surface area contributed by atoms with Crippen molar-refractivity contribution in [3.8, 4) is 0 Å². The third-order valence-corrected chi connectivity index (χ3v) is 7.50. The number of amides is 1. The molecule has 9 heteroatoms. The van der Waals surface area contributed by atoms with Gasteiger partial charge in [0.15, 0.2) is 6.61 Å². The van der Waals surface area contributed by atoms with Crippen molar-refractivity contribution >= 4 is 19.7 Å². The molecule has 232 valence electrons. The van der Waals surface area contributed by atoms with Gasteiger partial charge in [-0.2, -0.15) is 0 Å². The van der Waals surface area contributed by atoms with Gasteiger partial charge >= 0.3 is 5.97 Å². The van der Waals surface area contributed by atoms with E-state index in [1.807, 2.05) is 0 Å². The Morgan fingerprint density at radius 1 is 0.775 bits per heavy atom. The molecule has 40 heavy (non-hydrogen) atoms. The molecule has 1 heterocycles. The quantitative estimate of drug-likeness (QED) is 0.0782. The Balaban J connectivity index is 1.88. The van der Waals surface area contributed by atoms with Gasteiger partial charge < -0.3 is 29.0 Å². The van der Waals surface area contributed by atoms with Crippen molar-refractivity contribution in [2.45, 2.75) is 147 Å². The smallest absolute Gasteiger partial charge is 0.306 e. The fourth-order valence-electron chi connectivity index (χ4n) is 5.11. The first-order valence-electron chi connectivity index (χ1n) is 16.0. The Bertz CT molecular complexity index is 624. The molecule has 0 aromatic carbocycles. The van der Waals surface area contributed by atoms with E-state index in [1.165, 1.54) is 70.6 Å². The third-order valence-electron chi connectivity index (χ3n) is 7.50. The van der Waals surface area contributed by atoms with E-state index in [-0.39, 0.29) is 36.8 Å². The lowest BCUT2D eigenvalue weighted by molar-refractivity contribution is -0.148. The second-order valence-corrected chi connectivity index (χ2v) is 11.0. The lowest BCUT2D eigenvalue weighted by atomic mass is 9.92. The molecule has 2 radical (unpaired) electrons. The molecular formula is C31H58BNO7. The van der Waals surface area contributed by atoms with Crippen LogP contribution in [0.5, 0.6) is 0 Å². The standard InChI is InChI=1S/C31H58BNO7/c1-4-5-6-7-8-9-10-11-12-13-14-15-18-21-28(35)39-25-27(34)33-22-19-16-17-20-23-38-30-29(37-3)26(24-36-2)40-31(30)32/h26,29-31H,4-25H2,1-3H3,(H,33,34)/t26-,29+,30?,31-/m1/s1. The zero-order valence-electron chi connectivity index (χ0n) is 25.8. The highest BCUT2D eigenvalue weighted by molar-refractivity contribution is 6.11. The maximum absolute atomic E-state index is 11.9. The second-order valence-electron chi connectivity index (χ2n) is 11.0. The number of methoxy groups -OCH3 is 2. The number of nitrogens with one attached hydrogen (secondary N) is 1. The van der Waals surface area contributed by atoms with Gasteiger partial charge in [0.2, 0.25) is 0 Å². The maximum atomic E-state index is 11.9. The predicted molar refractivity (Wildman–Crippen MR) is 160 cm³/mol. The topological polar surface area (TPSA) is 92.3 Å². The molecule has 0 aromatic rings. The van der Waals surface area contributed by atoms with Gasteiger partial charge in [-0.1, -0.05) is 96.8 Å². The zero-order valence-corrected chi connectivity index (χ0v) is 25.8. The molecule has 0 aromatic heterocycles. The second kappa shape index (κ2) is 25.5. The van der Waals surface area contributed by atoms with Crippen molar-refractivity contribution in [3.05, 3.63) is 0 Å². The van der Waals surface area contributed by atoms with Crippen molar-refractivity contribution < 1.29 is 33.3 Å². The molecule has 1 amide bonds. The molecule has 1 unspecified atom stereocenters. The minimum Gasteiger partial charge on any atom is -0.456 e. The number of hydrogen-bond donors (Lipinski definition) is 1. The molecule has 0 bridgehead atoms. The van der Waals surface area contributed by atoms with E-state index >= 15 is 0 Å². The van der Waals surface area contributed by atoms with Gasteiger partial charge in [0.1, 0.15) is 26.2 Å². The number of ether oxygens (including phenoxy) is 5. The highest BCUT2D eigenvalue weighted by Gasteiger charge is 2.42. The first kappa shape index (κ1) is 36.9. The summed E-state index contributed by atoms with van der Waals surface area (Å²) < 4.78 is 27.4. The molecule has 1 rings (SSSR count). The SMILES string of the molecule is [B][C@@H]1O[C@H](COC)[C@H](OC)C1OCCCCCCNC(=O)COC(=O)CCCCCCCCCCCCCCC. The number of unbranched alkanes of at least 4 members (excludes halogenated alkanes) is 15. The van der Waals surface area contributed by atoms with Crippen molar-refractivity contribution in [1.82, 2.24) is 5.32 Å². The van der Waals surface area contributed by atoms with E-state index in [9.17, 15) is 9.59 Å². The maximum Gasteiger partial charge on any atom is 0.306 e. The Morgan fingerprint density at radius 2 is 1.35 bits per heavy atom. The first-order chi connectivity index (χ1) is 19.5. The van der Waals surface area contributed by atoms with Crippen molar-refractivity contribution in [2.75, 3.05) is 40.6 Å². The fraction of sp³-hybridized carbons (Fsp3) is 0.935. The van der Waals surface area contributed by atoms with Crippen LogP contribution in [0.3, 0.4) is 0 Å². The molecule has 1 saturated heterocycles. The summed E-state index contributed by atoms with van der Waals surface area (Å²) in [6.45, 7) is 3.62. The zero-order chi connectivity index (χ0) is 29.3. The van der Waals surface area contributed by atoms with Crippen LogP contribution >= 0.6 is 0 Å². The molecule has 0 spiro atoms. The summed E-state index contributed by atoms with van der Waals surface area (Å²) in [5.41, 5.74) is 0. The molecule has 1 aliphatic heterocycles. The van der Waals surface area contributed by atoms with E-state index in [1.54, 1.807) is 14.2 Å². The van der Waals surface area contributed by atoms with Gasteiger partial charge in [-0.25, -0.2) is 0 Å². The number of esters is 1. The van der Waals surface area contributed by atoms with E-state index in [0.29, 0.717) is 26.2 Å². The number of hydrogen-bond acceptors (Lipinski definition) is 7. The van der Waals surface area contributed by atoms with Crippen LogP contribution in [0.1, 0.15) is 122 Å². The summed E-state index contributed by atoms with van der Waals surface area (Å²) in [4.78, 5) is 23.8. The van der Waals surface area contributed by atoms with E-state index in [0.717, 1.165) is 38.5 Å². The normalized spacial score (nSPS) is 20.6. The Labute approximate surface area is 245 Å². The van der Waals surface area contributed by atoms with Crippen molar-refractivity contribution in [3.63, 3.8) is 0 Å². The summed E-state index contributed by atoms with van der Waals surface area (Å²) in [6, 6.07) is -0.524. The average molecular weight is 568 g/mol. The largest absolute Gasteiger partial charge is 0.456 e. The first-order valence-corrected chi connectivity index (χ1v) is 16.0. The molecule has 1 fully saturated rings. The van der Waals surface area contributed by atoms with Crippen molar-refractivity contribution in [2.24, 2.45) is 0 Å². The van der Waals surface area contributed by atoms with E-state index in [2.05, 4.69) is 12.2 Å². The minimum atomic E-state index is -0.524. The van der Waals surface area contributed by atoms with E-state index in [4.69, 9.17) is 31.5 Å². The van der Waals surface area contributed by atoms with Crippen molar-refractivity contribution in [1.29, 1.82) is 0 Å². The van der Waals surface area contributed by atoms with Gasteiger partial charge in [0.05, 0.1) is 6.61 Å². The Hall–Kier alpha value is -1.16. The lowest BCUT2D eigenvalue weighted by Crippen LogP contribution is -2.38. The van der Waals surface area contributed by atoms with Crippen LogP contribution in [0.2, 0.25) is 0 Å². The van der Waals surface area contributed by atoms with Crippen LogP contribution in [0.15, 0.2) is 0 Å². The highest BCUT2D eigenvalue weighted by atomic mass is 16.6. The summed E-state index contributed by atoms with van der Waals surface area (Å²) in [6.07, 6.45) is 19.8. The van der Waals surface area contributed by atoms with Gasteiger partial charge in [-0.3, -0.25) is 9.59 Å². The summed E-state index contributed by atoms with van der Waals surface area (Å²) in [5.74, 6) is -0.525. The number of carbonyl (C=O) groups excluding carboxylic acids is 2. The van der Waals surface area contributed by atoms with Crippen LogP contribution in [0.4, 0.5) is 0 Å². The van der Waals surface area contributed by atoms with Crippen LogP contribution < -0.4 is 5.32 Å². The summed E-state index contributed by atoms with van der Waals surface area (Å²) >= 11 is 0. The Kier molecular flexibility index (Phi) is 23.5. The monoisotopic (exact) mass is 567 g/mol. The molecule has 0 saturated carbocycles. The molecule has 1 aliphatic rings. The Morgan fingerprint density at radius 3 is 1.95 bits per heavy atom. The van der Waals surface area contributed by atoms with Gasteiger partial charge in [-0.05, 0) is 19.3 Å². The van der Waals surface area contributed by atoms with Gasteiger partial charge in [0.25, 0.3) is 5.91 Å². The van der Waals surface area contributed by atoms with Crippen LogP contribution in [0, 0.1) is 0 Å². The predicted octanol–water partition coefficient (Wildman–Crippen LogP) is 5.63. The number of carbonyl (C=O) groups is 2. The highest BCUT2D eigenvalue weighted by Crippen LogP contribution is 2.25. The van der Waals surface area contributed by atoms with Crippen LogP contribution in [-0.2, 0) is 33.3 Å².